The van der Waals surface area contributed by atoms with Crippen LogP contribution in [0, 0.1) is 6.92 Å². The van der Waals surface area contributed by atoms with Gasteiger partial charge in [-0.1, -0.05) is 25.0 Å². The van der Waals surface area contributed by atoms with E-state index in [1.807, 2.05) is 26.0 Å². The predicted octanol–water partition coefficient (Wildman–Crippen LogP) is 3.16. The van der Waals surface area contributed by atoms with Crippen LogP contribution in [0.2, 0.25) is 0 Å². The number of benzene rings is 1. The molecule has 0 aliphatic rings. The summed E-state index contributed by atoms with van der Waals surface area (Å²) in [4.78, 5) is 11.9. The fraction of sp³-hybridized carbons (Fsp3) is 0.562. The largest absolute Gasteiger partial charge is 0.478 e. The van der Waals surface area contributed by atoms with Gasteiger partial charge >= 0.3 is 5.97 Å². The molecule has 0 saturated heterocycles. The fourth-order valence-electron chi connectivity index (χ4n) is 1.98. The van der Waals surface area contributed by atoms with E-state index in [0.29, 0.717) is 24.3 Å². The highest BCUT2D eigenvalue weighted by atomic mass is 16.6. The van der Waals surface area contributed by atoms with Gasteiger partial charge in [0.05, 0.1) is 12.7 Å². The van der Waals surface area contributed by atoms with Crippen molar-refractivity contribution in [3.05, 3.63) is 29.3 Å². The minimum absolute atomic E-state index is 0.333. The molecular weight excluding hydrogens is 256 g/mol. The zero-order valence-electron chi connectivity index (χ0n) is 12.7. The second-order valence-corrected chi connectivity index (χ2v) is 4.86. The Morgan fingerprint density at radius 2 is 2.05 bits per heavy atom. The van der Waals surface area contributed by atoms with Crippen molar-refractivity contribution >= 4 is 5.97 Å². The Labute approximate surface area is 120 Å². The van der Waals surface area contributed by atoms with Gasteiger partial charge in [-0.25, -0.2) is 4.79 Å². The maximum absolute atomic E-state index is 11.9. The lowest BCUT2D eigenvalue weighted by molar-refractivity contribution is -0.151. The van der Waals surface area contributed by atoms with Crippen LogP contribution >= 0.6 is 0 Å². The Morgan fingerprint density at radius 3 is 2.60 bits per heavy atom. The third-order valence-electron chi connectivity index (χ3n) is 2.98. The van der Waals surface area contributed by atoms with Crippen molar-refractivity contribution in [2.24, 2.45) is 0 Å². The summed E-state index contributed by atoms with van der Waals surface area (Å²) in [6, 6.07) is 5.56. The summed E-state index contributed by atoms with van der Waals surface area (Å²) in [5, 5.41) is 9.82. The monoisotopic (exact) mass is 280 g/mol. The first kappa shape index (κ1) is 16.5. The number of carbonyl (C=O) groups excluding carboxylic acids is 1. The molecule has 112 valence electrons. The van der Waals surface area contributed by atoms with Crippen LogP contribution in [-0.4, -0.2) is 23.8 Å². The average molecular weight is 280 g/mol. The van der Waals surface area contributed by atoms with Gasteiger partial charge in [0.25, 0.3) is 0 Å². The molecule has 20 heavy (non-hydrogen) atoms. The van der Waals surface area contributed by atoms with Crippen LogP contribution in [0.3, 0.4) is 0 Å². The van der Waals surface area contributed by atoms with E-state index >= 15 is 0 Å². The third kappa shape index (κ3) is 4.53. The summed E-state index contributed by atoms with van der Waals surface area (Å²) in [6.07, 6.45) is 0.139. The first-order valence-corrected chi connectivity index (χ1v) is 7.11. The summed E-state index contributed by atoms with van der Waals surface area (Å²) < 4.78 is 10.8. The Bertz CT molecular complexity index is 440. The zero-order valence-corrected chi connectivity index (χ0v) is 12.7. The average Bonchev–Trinajstić information content (AvgIpc) is 2.40. The molecule has 1 N–H and O–H groups in total. The van der Waals surface area contributed by atoms with Crippen LogP contribution < -0.4 is 4.74 Å². The number of aliphatic hydroxyl groups is 1. The highest BCUT2D eigenvalue weighted by Crippen LogP contribution is 2.28. The topological polar surface area (TPSA) is 55.8 Å². The minimum atomic E-state index is -0.644. The normalized spacial score (nSPS) is 13.7. The van der Waals surface area contributed by atoms with Crippen molar-refractivity contribution in [1.29, 1.82) is 0 Å². The van der Waals surface area contributed by atoms with E-state index in [0.717, 1.165) is 12.0 Å². The molecule has 0 fully saturated rings. The SMILES string of the molecule is CCCC(Oc1ccc(C)cc1[C@H](C)O)C(=O)OCC. The van der Waals surface area contributed by atoms with Gasteiger partial charge in [-0.2, -0.15) is 0 Å². The van der Waals surface area contributed by atoms with E-state index in [-0.39, 0.29) is 5.97 Å². The van der Waals surface area contributed by atoms with E-state index in [9.17, 15) is 9.90 Å². The number of ether oxygens (including phenoxy) is 2. The maximum Gasteiger partial charge on any atom is 0.347 e. The van der Waals surface area contributed by atoms with Crippen molar-refractivity contribution in [2.45, 2.75) is 52.7 Å². The lowest BCUT2D eigenvalue weighted by atomic mass is 10.1. The quantitative estimate of drug-likeness (QED) is 0.779. The summed E-state index contributed by atoms with van der Waals surface area (Å²) >= 11 is 0. The van der Waals surface area contributed by atoms with Crippen LogP contribution in [0.25, 0.3) is 0 Å². The van der Waals surface area contributed by atoms with Crippen molar-refractivity contribution in [3.63, 3.8) is 0 Å². The molecule has 0 saturated carbocycles. The van der Waals surface area contributed by atoms with Gasteiger partial charge in [-0.15, -0.1) is 0 Å². The van der Waals surface area contributed by atoms with Gasteiger partial charge in [-0.3, -0.25) is 0 Å². The predicted molar refractivity (Wildman–Crippen MR) is 77.8 cm³/mol. The summed E-state index contributed by atoms with van der Waals surface area (Å²) in [7, 11) is 0. The van der Waals surface area contributed by atoms with Crippen molar-refractivity contribution in [1.82, 2.24) is 0 Å². The molecule has 0 heterocycles. The smallest absolute Gasteiger partial charge is 0.347 e. The molecule has 0 radical (unpaired) electrons. The Morgan fingerprint density at radius 1 is 1.35 bits per heavy atom. The second kappa shape index (κ2) is 7.90. The lowest BCUT2D eigenvalue weighted by Gasteiger charge is -2.20. The Hall–Kier alpha value is -1.55. The van der Waals surface area contributed by atoms with Crippen LogP contribution in [-0.2, 0) is 9.53 Å². The number of aliphatic hydroxyl groups excluding tert-OH is 1. The number of rotatable bonds is 7. The lowest BCUT2D eigenvalue weighted by Crippen LogP contribution is -2.29. The molecule has 2 atom stereocenters. The second-order valence-electron chi connectivity index (χ2n) is 4.86. The molecule has 0 aliphatic heterocycles. The number of hydrogen-bond donors (Lipinski definition) is 1. The van der Waals surface area contributed by atoms with Crippen molar-refractivity contribution in [3.8, 4) is 5.75 Å². The molecule has 4 heteroatoms. The van der Waals surface area contributed by atoms with Crippen molar-refractivity contribution < 1.29 is 19.4 Å². The highest BCUT2D eigenvalue weighted by molar-refractivity contribution is 5.75. The van der Waals surface area contributed by atoms with E-state index in [1.165, 1.54) is 0 Å². The number of aryl methyl sites for hydroxylation is 1. The van der Waals surface area contributed by atoms with Crippen LogP contribution in [0.15, 0.2) is 18.2 Å². The molecule has 1 unspecified atom stereocenters. The molecule has 4 nitrogen and oxygen atoms in total. The molecule has 0 bridgehead atoms. The molecule has 1 rings (SSSR count). The molecule has 0 amide bonds. The van der Waals surface area contributed by atoms with Gasteiger partial charge in [0.15, 0.2) is 6.10 Å². The van der Waals surface area contributed by atoms with Gasteiger partial charge in [-0.05, 0) is 39.3 Å². The Kier molecular flexibility index (Phi) is 6.52. The summed E-state index contributed by atoms with van der Waals surface area (Å²) in [5.41, 5.74) is 1.73. The maximum atomic E-state index is 11.9. The van der Waals surface area contributed by atoms with E-state index in [1.54, 1.807) is 19.9 Å². The molecule has 1 aromatic rings. The van der Waals surface area contributed by atoms with Gasteiger partial charge < -0.3 is 14.6 Å². The fourth-order valence-corrected chi connectivity index (χ4v) is 1.98. The van der Waals surface area contributed by atoms with E-state index < -0.39 is 12.2 Å². The van der Waals surface area contributed by atoms with Crippen LogP contribution in [0.5, 0.6) is 5.75 Å². The molecule has 1 aromatic carbocycles. The number of esters is 1. The van der Waals surface area contributed by atoms with Gasteiger partial charge in [0.1, 0.15) is 5.75 Å². The standard InChI is InChI=1S/C16H24O4/c1-5-7-15(16(18)19-6-2)20-14-9-8-11(3)10-13(14)12(4)17/h8-10,12,15,17H,5-7H2,1-4H3/t12-,15?/m0/s1. The molecular formula is C16H24O4. The first-order chi connectivity index (χ1) is 9.49. The minimum Gasteiger partial charge on any atom is -0.478 e. The van der Waals surface area contributed by atoms with Crippen LogP contribution in [0.4, 0.5) is 0 Å². The van der Waals surface area contributed by atoms with Gasteiger partial charge in [0, 0.05) is 5.56 Å². The van der Waals surface area contributed by atoms with Crippen LogP contribution in [0.1, 0.15) is 50.8 Å². The molecule has 0 spiro atoms. The first-order valence-electron chi connectivity index (χ1n) is 7.11. The Balaban J connectivity index is 2.95. The number of carbonyl (C=O) groups is 1. The van der Waals surface area contributed by atoms with Gasteiger partial charge in [0.2, 0.25) is 0 Å². The third-order valence-corrected chi connectivity index (χ3v) is 2.98. The highest BCUT2D eigenvalue weighted by Gasteiger charge is 2.22. The van der Waals surface area contributed by atoms with E-state index in [4.69, 9.17) is 9.47 Å². The van der Waals surface area contributed by atoms with E-state index in [2.05, 4.69) is 0 Å². The van der Waals surface area contributed by atoms with Crippen molar-refractivity contribution in [2.75, 3.05) is 6.61 Å². The summed E-state index contributed by atoms with van der Waals surface area (Å²) in [5.74, 6) is 0.184. The molecule has 0 aliphatic carbocycles. The molecule has 0 aromatic heterocycles. The number of hydrogen-bond acceptors (Lipinski definition) is 4. The summed E-state index contributed by atoms with van der Waals surface area (Å²) in [6.45, 7) is 7.72. The zero-order chi connectivity index (χ0) is 15.1.